The summed E-state index contributed by atoms with van der Waals surface area (Å²) in [6, 6.07) is 30.9. The first-order valence-corrected chi connectivity index (χ1v) is 14.9. The summed E-state index contributed by atoms with van der Waals surface area (Å²) in [4.78, 5) is 29.2. The summed E-state index contributed by atoms with van der Waals surface area (Å²) in [5.41, 5.74) is 6.62. The van der Waals surface area contributed by atoms with Gasteiger partial charge in [0, 0.05) is 25.1 Å². The molecule has 44 heavy (non-hydrogen) atoms. The summed E-state index contributed by atoms with van der Waals surface area (Å²) in [6.07, 6.45) is 1.87. The molecule has 0 spiro atoms. The van der Waals surface area contributed by atoms with E-state index in [9.17, 15) is 14.7 Å². The second kappa shape index (κ2) is 13.1. The number of ether oxygens (including phenoxy) is 2. The Balaban J connectivity index is 1.19. The van der Waals surface area contributed by atoms with Crippen LogP contribution >= 0.6 is 0 Å². The quantitative estimate of drug-likeness (QED) is 0.173. The third kappa shape index (κ3) is 6.27. The van der Waals surface area contributed by atoms with Crippen molar-refractivity contribution < 1.29 is 24.2 Å². The third-order valence-electron chi connectivity index (χ3n) is 8.23. The number of nitrogens with zero attached hydrogens (tertiary/aromatic N) is 2. The molecule has 1 saturated heterocycles. The van der Waals surface area contributed by atoms with Crippen LogP contribution in [0.5, 0.6) is 0 Å². The highest BCUT2D eigenvalue weighted by Gasteiger charge is 2.35. The second-order valence-corrected chi connectivity index (χ2v) is 11.4. The zero-order valence-corrected chi connectivity index (χ0v) is 24.8. The fourth-order valence-electron chi connectivity index (χ4n) is 5.92. The number of aliphatic hydroxyl groups excluding tert-OH is 1. The van der Waals surface area contributed by atoms with E-state index in [1.807, 2.05) is 78.9 Å². The van der Waals surface area contributed by atoms with Crippen molar-refractivity contribution in [2.24, 2.45) is 0 Å². The lowest BCUT2D eigenvalue weighted by molar-refractivity contribution is -0.252. The molecule has 2 aliphatic rings. The Labute approximate surface area is 258 Å². The standard InChI is InChI=1S/C37H36N2O5/c1-3-19-38(2)23-31-21-34(28-13-11-25(24-40)12-14-28)44-37(43-31)29-17-15-27(16-18-29)30-8-6-7-26(20-30)22-39-35(41)32-9-4-5-10-33(32)36(39)42/h3-18,20,31,34,37,40H,1,19,21-24H2,2H3/t31-,34+,37+/m0/s1. The third-order valence-corrected chi connectivity index (χ3v) is 8.23. The first-order valence-electron chi connectivity index (χ1n) is 14.9. The molecule has 0 bridgehead atoms. The monoisotopic (exact) mass is 588 g/mol. The van der Waals surface area contributed by atoms with Gasteiger partial charge < -0.3 is 19.5 Å². The lowest BCUT2D eigenvalue weighted by atomic mass is 9.99. The van der Waals surface area contributed by atoms with Crippen LogP contribution in [-0.4, -0.2) is 53.0 Å². The highest BCUT2D eigenvalue weighted by Crippen LogP contribution is 2.38. The van der Waals surface area contributed by atoms with Gasteiger partial charge in [-0.05, 0) is 53.1 Å². The predicted molar refractivity (Wildman–Crippen MR) is 169 cm³/mol. The van der Waals surface area contributed by atoms with Crippen molar-refractivity contribution in [1.29, 1.82) is 0 Å². The molecular weight excluding hydrogens is 552 g/mol. The molecule has 2 amide bonds. The van der Waals surface area contributed by atoms with Gasteiger partial charge in [0.2, 0.25) is 0 Å². The lowest BCUT2D eigenvalue weighted by Gasteiger charge is -2.37. The molecule has 4 aromatic rings. The number of benzene rings is 4. The van der Waals surface area contributed by atoms with Gasteiger partial charge in [-0.2, -0.15) is 0 Å². The normalized spacial score (nSPS) is 19.8. The minimum atomic E-state index is -0.539. The van der Waals surface area contributed by atoms with E-state index in [4.69, 9.17) is 9.47 Å². The largest absolute Gasteiger partial charge is 0.392 e. The Morgan fingerprint density at radius 2 is 1.52 bits per heavy atom. The summed E-state index contributed by atoms with van der Waals surface area (Å²) in [5, 5.41) is 9.47. The van der Waals surface area contributed by atoms with Gasteiger partial charge in [-0.25, -0.2) is 0 Å². The van der Waals surface area contributed by atoms with Crippen molar-refractivity contribution in [3.05, 3.63) is 143 Å². The van der Waals surface area contributed by atoms with Crippen LogP contribution in [0.25, 0.3) is 11.1 Å². The molecule has 0 saturated carbocycles. The minimum Gasteiger partial charge on any atom is -0.392 e. The van der Waals surface area contributed by atoms with Gasteiger partial charge in [-0.3, -0.25) is 14.5 Å². The van der Waals surface area contributed by atoms with E-state index in [0.29, 0.717) is 17.5 Å². The number of likely N-dealkylation sites (N-methyl/N-ethyl adjacent to an activating group) is 1. The van der Waals surface area contributed by atoms with Gasteiger partial charge in [0.05, 0.1) is 36.5 Å². The molecule has 224 valence electrons. The van der Waals surface area contributed by atoms with Crippen LogP contribution in [0, 0.1) is 0 Å². The molecule has 4 aromatic carbocycles. The van der Waals surface area contributed by atoms with Crippen molar-refractivity contribution in [3.63, 3.8) is 0 Å². The number of aliphatic hydroxyl groups is 1. The van der Waals surface area contributed by atoms with Gasteiger partial charge >= 0.3 is 0 Å². The van der Waals surface area contributed by atoms with E-state index < -0.39 is 6.29 Å². The van der Waals surface area contributed by atoms with E-state index >= 15 is 0 Å². The number of carbonyl (C=O) groups excluding carboxylic acids is 2. The van der Waals surface area contributed by atoms with E-state index in [-0.39, 0.29) is 37.2 Å². The number of imide groups is 1. The molecular formula is C37H36N2O5. The number of rotatable bonds is 10. The maximum Gasteiger partial charge on any atom is 0.261 e. The fraction of sp³-hybridized carbons (Fsp3) is 0.243. The first-order chi connectivity index (χ1) is 21.4. The Kier molecular flexibility index (Phi) is 8.82. The van der Waals surface area contributed by atoms with Crippen LogP contribution < -0.4 is 0 Å². The van der Waals surface area contributed by atoms with E-state index in [2.05, 4.69) is 18.5 Å². The number of fused-ring (bicyclic) bond motifs is 1. The van der Waals surface area contributed by atoms with Crippen LogP contribution in [0.4, 0.5) is 0 Å². The van der Waals surface area contributed by atoms with Crippen LogP contribution in [0.1, 0.15) is 61.8 Å². The molecule has 2 aliphatic heterocycles. The van der Waals surface area contributed by atoms with Crippen LogP contribution in [0.3, 0.4) is 0 Å². The molecule has 0 radical (unpaired) electrons. The lowest BCUT2D eigenvalue weighted by Crippen LogP contribution is -2.37. The summed E-state index contributed by atoms with van der Waals surface area (Å²) >= 11 is 0. The zero-order valence-electron chi connectivity index (χ0n) is 24.8. The minimum absolute atomic E-state index is 0.00450. The van der Waals surface area contributed by atoms with Gasteiger partial charge in [0.25, 0.3) is 11.8 Å². The SMILES string of the molecule is C=CCN(C)C[C@@H]1C[C@H](c2ccc(CO)cc2)O[C@H](c2ccc(-c3cccc(CN4C(=O)c5ccccc5C4=O)c3)cc2)O1. The van der Waals surface area contributed by atoms with Crippen LogP contribution in [-0.2, 0) is 22.6 Å². The maximum atomic E-state index is 12.9. The summed E-state index contributed by atoms with van der Waals surface area (Å²) in [7, 11) is 2.05. The van der Waals surface area contributed by atoms with Gasteiger partial charge in [0.1, 0.15) is 0 Å². The topological polar surface area (TPSA) is 79.3 Å². The number of amides is 2. The predicted octanol–water partition coefficient (Wildman–Crippen LogP) is 6.31. The second-order valence-electron chi connectivity index (χ2n) is 11.4. The Morgan fingerprint density at radius 1 is 0.841 bits per heavy atom. The molecule has 0 unspecified atom stereocenters. The molecule has 2 heterocycles. The average Bonchev–Trinajstić information content (AvgIpc) is 3.29. The van der Waals surface area contributed by atoms with E-state index in [1.54, 1.807) is 24.3 Å². The summed E-state index contributed by atoms with van der Waals surface area (Å²) in [5.74, 6) is -0.519. The Bertz CT molecular complexity index is 1610. The van der Waals surface area contributed by atoms with Crippen molar-refractivity contribution in [2.45, 2.75) is 38.1 Å². The Morgan fingerprint density at radius 3 is 2.18 bits per heavy atom. The molecule has 0 aliphatic carbocycles. The summed E-state index contributed by atoms with van der Waals surface area (Å²) in [6.45, 7) is 5.58. The summed E-state index contributed by atoms with van der Waals surface area (Å²) < 4.78 is 13.0. The van der Waals surface area contributed by atoms with Gasteiger partial charge in [0.15, 0.2) is 6.29 Å². The number of carbonyl (C=O) groups is 2. The highest BCUT2D eigenvalue weighted by molar-refractivity contribution is 6.21. The van der Waals surface area contributed by atoms with E-state index in [1.165, 1.54) is 4.90 Å². The first kappa shape index (κ1) is 29.7. The Hall–Kier alpha value is -4.40. The van der Waals surface area contributed by atoms with Crippen molar-refractivity contribution in [2.75, 3.05) is 20.1 Å². The van der Waals surface area contributed by atoms with Crippen molar-refractivity contribution in [1.82, 2.24) is 9.80 Å². The van der Waals surface area contributed by atoms with Gasteiger partial charge in [-0.15, -0.1) is 6.58 Å². The zero-order chi connectivity index (χ0) is 30.6. The smallest absolute Gasteiger partial charge is 0.261 e. The molecule has 3 atom stereocenters. The van der Waals surface area contributed by atoms with Crippen molar-refractivity contribution >= 4 is 11.8 Å². The average molecular weight is 589 g/mol. The molecule has 7 heteroatoms. The number of hydrogen-bond acceptors (Lipinski definition) is 6. The molecule has 6 rings (SSSR count). The van der Waals surface area contributed by atoms with Gasteiger partial charge in [-0.1, -0.05) is 84.9 Å². The van der Waals surface area contributed by atoms with Crippen LogP contribution in [0.15, 0.2) is 110 Å². The molecule has 1 fully saturated rings. The van der Waals surface area contributed by atoms with Crippen molar-refractivity contribution in [3.8, 4) is 11.1 Å². The van der Waals surface area contributed by atoms with Crippen LogP contribution in [0.2, 0.25) is 0 Å². The van der Waals surface area contributed by atoms with E-state index in [0.717, 1.165) is 46.5 Å². The fourth-order valence-corrected chi connectivity index (χ4v) is 5.92. The molecule has 0 aromatic heterocycles. The molecule has 1 N–H and O–H groups in total. The number of hydrogen-bond donors (Lipinski definition) is 1. The maximum absolute atomic E-state index is 12.9. The molecule has 7 nitrogen and oxygen atoms in total. The highest BCUT2D eigenvalue weighted by atomic mass is 16.7.